The lowest BCUT2D eigenvalue weighted by molar-refractivity contribution is -0.140. The molecule has 1 aromatic rings. The van der Waals surface area contributed by atoms with Crippen LogP contribution in [0.15, 0.2) is 35.3 Å². The molecule has 2 N–H and O–H groups in total. The van der Waals surface area contributed by atoms with Crippen LogP contribution in [-0.2, 0) is 22.7 Å². The Morgan fingerprint density at radius 2 is 1.82 bits per heavy atom. The zero-order valence-electron chi connectivity index (χ0n) is 19.4. The lowest BCUT2D eigenvalue weighted by Crippen LogP contribution is -2.43. The molecule has 1 heterocycles. The number of aliphatic imine (C=N–C) groups is 1. The van der Waals surface area contributed by atoms with Gasteiger partial charge in [0, 0.05) is 31.7 Å². The maximum Gasteiger partial charge on any atom is 0.233 e. The van der Waals surface area contributed by atoms with Gasteiger partial charge >= 0.3 is 0 Å². The van der Waals surface area contributed by atoms with E-state index in [1.807, 2.05) is 32.0 Å². The van der Waals surface area contributed by atoms with Crippen molar-refractivity contribution in [1.82, 2.24) is 20.4 Å². The number of amides is 2. The Kier molecular flexibility index (Phi) is 8.49. The first kappa shape index (κ1) is 25.6. The molecule has 2 amide bonds. The van der Waals surface area contributed by atoms with Crippen LogP contribution >= 0.6 is 24.0 Å². The zero-order valence-corrected chi connectivity index (χ0v) is 21.7. The SMILES string of the molecule is CCNC(=NCc1ccc(F)c(CN(C)C)c1)NCCN1C(=O)C2C3C=CC(C3)C2C1=O.I. The van der Waals surface area contributed by atoms with E-state index in [0.717, 1.165) is 12.0 Å². The molecule has 1 saturated carbocycles. The fraction of sp³-hybridized carbons (Fsp3) is 0.542. The predicted molar refractivity (Wildman–Crippen MR) is 136 cm³/mol. The summed E-state index contributed by atoms with van der Waals surface area (Å²) in [4.78, 5) is 33.5. The Morgan fingerprint density at radius 1 is 1.15 bits per heavy atom. The minimum absolute atomic E-state index is 0. The molecule has 4 rings (SSSR count). The maximum atomic E-state index is 14.0. The van der Waals surface area contributed by atoms with Crippen molar-refractivity contribution in [2.24, 2.45) is 28.7 Å². The third-order valence-electron chi connectivity index (χ3n) is 6.55. The van der Waals surface area contributed by atoms with Crippen LogP contribution in [0.1, 0.15) is 24.5 Å². The van der Waals surface area contributed by atoms with Crippen LogP contribution < -0.4 is 10.6 Å². The standard InChI is InChI=1S/C24H32FN5O2.HI/c1-4-26-24(28-13-15-5-8-19(25)18(11-15)14-29(2)3)27-9-10-30-22(31)20-16-6-7-17(12-16)21(20)23(30)32;/h5-8,11,16-17,20-21H,4,9-10,12-14H2,1-3H3,(H2,26,27,28);1H. The fourth-order valence-electron chi connectivity index (χ4n) is 5.17. The number of fused-ring (bicyclic) bond motifs is 5. The van der Waals surface area contributed by atoms with Crippen molar-refractivity contribution in [3.8, 4) is 0 Å². The smallest absolute Gasteiger partial charge is 0.233 e. The molecule has 1 aromatic carbocycles. The van der Waals surface area contributed by atoms with Crippen LogP contribution in [0.4, 0.5) is 4.39 Å². The predicted octanol–water partition coefficient (Wildman–Crippen LogP) is 2.37. The van der Waals surface area contributed by atoms with E-state index in [4.69, 9.17) is 0 Å². The number of allylic oxidation sites excluding steroid dienone is 2. The number of hydrogen-bond acceptors (Lipinski definition) is 4. The molecule has 180 valence electrons. The lowest BCUT2D eigenvalue weighted by Gasteiger charge is -2.18. The molecular formula is C24H33FIN5O2. The number of halogens is 2. The van der Waals surface area contributed by atoms with Gasteiger partial charge in [-0.2, -0.15) is 0 Å². The molecule has 0 spiro atoms. The van der Waals surface area contributed by atoms with Crippen LogP contribution in [0.2, 0.25) is 0 Å². The van der Waals surface area contributed by atoms with Gasteiger partial charge in [0.1, 0.15) is 5.82 Å². The summed E-state index contributed by atoms with van der Waals surface area (Å²) in [5.74, 6) is 0.471. The number of imide groups is 1. The molecule has 3 aliphatic rings. The van der Waals surface area contributed by atoms with E-state index in [-0.39, 0.29) is 65.3 Å². The summed E-state index contributed by atoms with van der Waals surface area (Å²) in [6.45, 7) is 4.35. The van der Waals surface area contributed by atoms with Gasteiger partial charge in [0.05, 0.1) is 18.4 Å². The summed E-state index contributed by atoms with van der Waals surface area (Å²) in [5, 5.41) is 6.40. The Bertz CT molecular complexity index is 921. The van der Waals surface area contributed by atoms with Gasteiger partial charge in [-0.25, -0.2) is 9.38 Å². The van der Waals surface area contributed by atoms with Crippen molar-refractivity contribution >= 4 is 41.8 Å². The summed E-state index contributed by atoms with van der Waals surface area (Å²) in [6.07, 6.45) is 5.15. The molecule has 2 fully saturated rings. The van der Waals surface area contributed by atoms with Gasteiger partial charge < -0.3 is 15.5 Å². The van der Waals surface area contributed by atoms with E-state index >= 15 is 0 Å². The van der Waals surface area contributed by atoms with Crippen molar-refractivity contribution in [2.45, 2.75) is 26.4 Å². The number of guanidine groups is 1. The number of hydrogen-bond donors (Lipinski definition) is 2. The van der Waals surface area contributed by atoms with E-state index in [2.05, 4.69) is 27.8 Å². The molecular weight excluding hydrogens is 536 g/mol. The highest BCUT2D eigenvalue weighted by molar-refractivity contribution is 14.0. The summed E-state index contributed by atoms with van der Waals surface area (Å²) in [5.41, 5.74) is 1.56. The van der Waals surface area contributed by atoms with Crippen molar-refractivity contribution in [2.75, 3.05) is 33.7 Å². The van der Waals surface area contributed by atoms with Gasteiger partial charge in [-0.1, -0.05) is 18.2 Å². The molecule has 2 bridgehead atoms. The Morgan fingerprint density at radius 3 is 2.42 bits per heavy atom. The number of likely N-dealkylation sites (tertiary alicyclic amines) is 1. The molecule has 1 saturated heterocycles. The topological polar surface area (TPSA) is 77.0 Å². The van der Waals surface area contributed by atoms with Gasteiger partial charge in [-0.15, -0.1) is 24.0 Å². The van der Waals surface area contributed by atoms with Gasteiger partial charge in [0.25, 0.3) is 0 Å². The zero-order chi connectivity index (χ0) is 22.8. The molecule has 0 radical (unpaired) electrons. The van der Waals surface area contributed by atoms with Crippen LogP contribution in [0, 0.1) is 29.5 Å². The van der Waals surface area contributed by atoms with Crippen molar-refractivity contribution in [3.05, 3.63) is 47.3 Å². The van der Waals surface area contributed by atoms with E-state index < -0.39 is 0 Å². The highest BCUT2D eigenvalue weighted by Crippen LogP contribution is 2.52. The Balaban J connectivity index is 0.00000306. The van der Waals surface area contributed by atoms with E-state index in [9.17, 15) is 14.0 Å². The normalized spacial score (nSPS) is 25.6. The molecule has 4 atom stereocenters. The molecule has 2 aliphatic carbocycles. The molecule has 7 nitrogen and oxygen atoms in total. The highest BCUT2D eigenvalue weighted by atomic mass is 127. The second-order valence-electron chi connectivity index (χ2n) is 9.11. The number of nitrogens with zero attached hydrogens (tertiary/aromatic N) is 3. The summed E-state index contributed by atoms with van der Waals surface area (Å²) in [7, 11) is 3.81. The molecule has 4 unspecified atom stereocenters. The number of rotatable bonds is 8. The monoisotopic (exact) mass is 569 g/mol. The van der Waals surface area contributed by atoms with E-state index in [0.29, 0.717) is 44.2 Å². The number of carbonyl (C=O) groups is 2. The molecule has 33 heavy (non-hydrogen) atoms. The third-order valence-corrected chi connectivity index (χ3v) is 6.55. The second kappa shape index (κ2) is 10.9. The number of benzene rings is 1. The summed E-state index contributed by atoms with van der Waals surface area (Å²) >= 11 is 0. The fourth-order valence-corrected chi connectivity index (χ4v) is 5.17. The molecule has 9 heteroatoms. The number of nitrogens with one attached hydrogen (secondary N) is 2. The van der Waals surface area contributed by atoms with Crippen LogP contribution in [-0.4, -0.2) is 61.3 Å². The van der Waals surface area contributed by atoms with Crippen molar-refractivity contribution < 1.29 is 14.0 Å². The third kappa shape index (κ3) is 5.40. The number of carbonyl (C=O) groups excluding carboxylic acids is 2. The molecule has 0 aromatic heterocycles. The lowest BCUT2D eigenvalue weighted by atomic mass is 9.85. The van der Waals surface area contributed by atoms with Crippen LogP contribution in [0.5, 0.6) is 0 Å². The minimum atomic E-state index is -0.218. The quantitative estimate of drug-likeness (QED) is 0.165. The Hall–Kier alpha value is -2.01. The van der Waals surface area contributed by atoms with Crippen LogP contribution in [0.25, 0.3) is 0 Å². The van der Waals surface area contributed by atoms with E-state index in [1.165, 1.54) is 11.0 Å². The van der Waals surface area contributed by atoms with E-state index in [1.54, 1.807) is 6.07 Å². The minimum Gasteiger partial charge on any atom is -0.357 e. The molecule has 1 aliphatic heterocycles. The second-order valence-corrected chi connectivity index (χ2v) is 9.11. The van der Waals surface area contributed by atoms with Gasteiger partial charge in [0.15, 0.2) is 5.96 Å². The summed E-state index contributed by atoms with van der Waals surface area (Å²) < 4.78 is 14.0. The first-order valence-electron chi connectivity index (χ1n) is 11.4. The highest BCUT2D eigenvalue weighted by Gasteiger charge is 2.58. The first-order valence-corrected chi connectivity index (χ1v) is 11.4. The maximum absolute atomic E-state index is 14.0. The average Bonchev–Trinajstić information content (AvgIpc) is 3.43. The van der Waals surface area contributed by atoms with Crippen molar-refractivity contribution in [3.63, 3.8) is 0 Å². The van der Waals surface area contributed by atoms with Crippen molar-refractivity contribution in [1.29, 1.82) is 0 Å². The average molecular weight is 569 g/mol. The summed E-state index contributed by atoms with van der Waals surface area (Å²) in [6, 6.07) is 5.06. The van der Waals surface area contributed by atoms with Crippen LogP contribution in [0.3, 0.4) is 0 Å². The largest absolute Gasteiger partial charge is 0.357 e. The first-order chi connectivity index (χ1) is 15.4. The Labute approximate surface area is 211 Å². The van der Waals surface area contributed by atoms with Gasteiger partial charge in [0.2, 0.25) is 11.8 Å². The van der Waals surface area contributed by atoms with Gasteiger partial charge in [-0.3, -0.25) is 14.5 Å². The van der Waals surface area contributed by atoms with Gasteiger partial charge in [-0.05, 0) is 57.0 Å².